The van der Waals surface area contributed by atoms with E-state index in [0.717, 1.165) is 65.2 Å². The molecule has 2 amide bonds. The van der Waals surface area contributed by atoms with Crippen LogP contribution < -0.4 is 5.73 Å². The van der Waals surface area contributed by atoms with Crippen LogP contribution in [-0.2, 0) is 0 Å². The van der Waals surface area contributed by atoms with Gasteiger partial charge in [-0.05, 0) is 45.3 Å². The normalized spacial score (nSPS) is 22.4. The zero-order valence-corrected chi connectivity index (χ0v) is 12.7. The van der Waals surface area contributed by atoms with Crippen molar-refractivity contribution in [2.75, 3.05) is 52.4 Å². The van der Waals surface area contributed by atoms with Crippen LogP contribution in [0.3, 0.4) is 0 Å². The van der Waals surface area contributed by atoms with Crippen LogP contribution in [0, 0.1) is 0 Å². The van der Waals surface area contributed by atoms with Crippen molar-refractivity contribution in [1.82, 2.24) is 14.7 Å². The Bertz CT molecular complexity index is 290. The second kappa shape index (κ2) is 8.47. The Labute approximate surface area is 123 Å². The molecule has 0 saturated carbocycles. The van der Waals surface area contributed by atoms with Crippen molar-refractivity contribution in [3.63, 3.8) is 0 Å². The maximum absolute atomic E-state index is 12.6. The van der Waals surface area contributed by atoms with Gasteiger partial charge >= 0.3 is 6.03 Å². The summed E-state index contributed by atoms with van der Waals surface area (Å²) in [6.45, 7) is 7.62. The van der Waals surface area contributed by atoms with Crippen molar-refractivity contribution >= 4 is 6.03 Å². The molecule has 20 heavy (non-hydrogen) atoms. The Balaban J connectivity index is 1.81. The maximum atomic E-state index is 12.6. The average Bonchev–Trinajstić information content (AvgIpc) is 2.87. The van der Waals surface area contributed by atoms with Crippen LogP contribution in [0.15, 0.2) is 0 Å². The molecule has 0 aromatic heterocycles. The molecule has 0 aromatic rings. The zero-order chi connectivity index (χ0) is 14.2. The van der Waals surface area contributed by atoms with Gasteiger partial charge in [-0.3, -0.25) is 0 Å². The van der Waals surface area contributed by atoms with Gasteiger partial charge in [0.25, 0.3) is 0 Å². The summed E-state index contributed by atoms with van der Waals surface area (Å²) in [5.41, 5.74) is 5.57. The number of hydrogen-bond donors (Lipinski definition) is 1. The molecule has 2 aliphatic heterocycles. The summed E-state index contributed by atoms with van der Waals surface area (Å²) in [5, 5.41) is 0. The fraction of sp³-hybridized carbons (Fsp3) is 0.933. The predicted molar refractivity (Wildman–Crippen MR) is 81.7 cm³/mol. The topological polar surface area (TPSA) is 52.8 Å². The molecule has 2 N–H and O–H groups in total. The van der Waals surface area contributed by atoms with Crippen LogP contribution in [-0.4, -0.2) is 73.1 Å². The molecule has 2 saturated heterocycles. The van der Waals surface area contributed by atoms with E-state index in [2.05, 4.69) is 14.7 Å². The van der Waals surface area contributed by atoms with Gasteiger partial charge in [0.2, 0.25) is 0 Å². The van der Waals surface area contributed by atoms with Gasteiger partial charge in [0, 0.05) is 32.7 Å². The molecule has 5 heteroatoms. The van der Waals surface area contributed by atoms with E-state index in [0.29, 0.717) is 0 Å². The third kappa shape index (κ3) is 4.63. The molecule has 116 valence electrons. The molecule has 0 aromatic carbocycles. The van der Waals surface area contributed by atoms with Crippen molar-refractivity contribution in [3.05, 3.63) is 0 Å². The quantitative estimate of drug-likeness (QED) is 0.850. The predicted octanol–water partition coefficient (Wildman–Crippen LogP) is 1.34. The van der Waals surface area contributed by atoms with Gasteiger partial charge in [0.05, 0.1) is 0 Å². The van der Waals surface area contributed by atoms with Crippen LogP contribution >= 0.6 is 0 Å². The molecular formula is C15H30N4O. The summed E-state index contributed by atoms with van der Waals surface area (Å²) in [5.74, 6) is 0. The monoisotopic (exact) mass is 282 g/mol. The third-order valence-electron chi connectivity index (χ3n) is 4.41. The van der Waals surface area contributed by atoms with Crippen molar-refractivity contribution in [2.45, 2.75) is 38.5 Å². The number of likely N-dealkylation sites (tertiary alicyclic amines) is 1. The maximum Gasteiger partial charge on any atom is 0.320 e. The number of rotatable bonds is 3. The second-order valence-corrected chi connectivity index (χ2v) is 6.01. The lowest BCUT2D eigenvalue weighted by Gasteiger charge is -2.29. The van der Waals surface area contributed by atoms with E-state index in [1.165, 1.54) is 25.7 Å². The molecule has 0 atom stereocenters. The number of nitrogens with zero attached hydrogens (tertiary/aromatic N) is 3. The molecular weight excluding hydrogens is 252 g/mol. The van der Waals surface area contributed by atoms with Crippen LogP contribution in [0.1, 0.15) is 38.5 Å². The fourth-order valence-corrected chi connectivity index (χ4v) is 3.16. The van der Waals surface area contributed by atoms with Crippen LogP contribution in [0.2, 0.25) is 0 Å². The number of nitrogens with two attached hydrogens (primary N) is 1. The first-order valence-corrected chi connectivity index (χ1v) is 8.27. The van der Waals surface area contributed by atoms with Crippen molar-refractivity contribution in [1.29, 1.82) is 0 Å². The minimum absolute atomic E-state index is 0.271. The van der Waals surface area contributed by atoms with Gasteiger partial charge in [-0.1, -0.05) is 12.8 Å². The van der Waals surface area contributed by atoms with Crippen LogP contribution in [0.25, 0.3) is 0 Å². The zero-order valence-electron chi connectivity index (χ0n) is 12.7. The highest BCUT2D eigenvalue weighted by atomic mass is 16.2. The van der Waals surface area contributed by atoms with Crippen LogP contribution in [0.4, 0.5) is 4.79 Å². The van der Waals surface area contributed by atoms with Crippen LogP contribution in [0.5, 0.6) is 0 Å². The lowest BCUT2D eigenvalue weighted by atomic mass is 10.2. The largest absolute Gasteiger partial charge is 0.330 e. The van der Waals surface area contributed by atoms with Gasteiger partial charge < -0.3 is 20.4 Å². The lowest BCUT2D eigenvalue weighted by molar-refractivity contribution is 0.155. The van der Waals surface area contributed by atoms with Gasteiger partial charge in [-0.15, -0.1) is 0 Å². The first-order valence-electron chi connectivity index (χ1n) is 8.27. The molecule has 0 radical (unpaired) electrons. The fourth-order valence-electron chi connectivity index (χ4n) is 3.16. The summed E-state index contributed by atoms with van der Waals surface area (Å²) >= 11 is 0. The van der Waals surface area contributed by atoms with E-state index in [1.807, 2.05) is 0 Å². The molecule has 2 aliphatic rings. The highest BCUT2D eigenvalue weighted by Gasteiger charge is 2.23. The number of hydrogen-bond acceptors (Lipinski definition) is 3. The number of carbonyl (C=O) groups excluding carboxylic acids is 1. The first kappa shape index (κ1) is 15.6. The molecule has 2 rings (SSSR count). The van der Waals surface area contributed by atoms with E-state index in [1.54, 1.807) is 0 Å². The number of urea groups is 1. The van der Waals surface area contributed by atoms with Gasteiger partial charge in [0.1, 0.15) is 0 Å². The Morgan fingerprint density at radius 3 is 2.15 bits per heavy atom. The highest BCUT2D eigenvalue weighted by molar-refractivity contribution is 5.74. The Morgan fingerprint density at radius 2 is 1.45 bits per heavy atom. The Kier molecular flexibility index (Phi) is 6.60. The Hall–Kier alpha value is -0.810. The molecule has 2 heterocycles. The van der Waals surface area contributed by atoms with E-state index in [9.17, 15) is 4.79 Å². The third-order valence-corrected chi connectivity index (χ3v) is 4.41. The average molecular weight is 282 g/mol. The van der Waals surface area contributed by atoms with Gasteiger partial charge in [0.15, 0.2) is 0 Å². The molecule has 2 fully saturated rings. The molecule has 0 aliphatic carbocycles. The number of amides is 2. The SMILES string of the molecule is NCCCN1CCCN(C(=O)N2CCCCCC2)CC1. The lowest BCUT2D eigenvalue weighted by Crippen LogP contribution is -2.45. The summed E-state index contributed by atoms with van der Waals surface area (Å²) in [7, 11) is 0. The van der Waals surface area contributed by atoms with E-state index < -0.39 is 0 Å². The molecule has 0 unspecified atom stereocenters. The highest BCUT2D eigenvalue weighted by Crippen LogP contribution is 2.13. The second-order valence-electron chi connectivity index (χ2n) is 6.01. The summed E-state index contributed by atoms with van der Waals surface area (Å²) in [4.78, 5) is 19.2. The molecule has 0 spiro atoms. The summed E-state index contributed by atoms with van der Waals surface area (Å²) < 4.78 is 0. The van der Waals surface area contributed by atoms with Crippen molar-refractivity contribution < 1.29 is 4.79 Å². The summed E-state index contributed by atoms with van der Waals surface area (Å²) in [6, 6.07) is 0.271. The van der Waals surface area contributed by atoms with Crippen molar-refractivity contribution in [2.24, 2.45) is 5.73 Å². The van der Waals surface area contributed by atoms with Gasteiger partial charge in [-0.25, -0.2) is 4.79 Å². The van der Waals surface area contributed by atoms with Crippen molar-refractivity contribution in [3.8, 4) is 0 Å². The minimum atomic E-state index is 0.271. The smallest absolute Gasteiger partial charge is 0.320 e. The van der Waals surface area contributed by atoms with E-state index in [4.69, 9.17) is 5.73 Å². The molecule has 5 nitrogen and oxygen atoms in total. The minimum Gasteiger partial charge on any atom is -0.330 e. The number of carbonyl (C=O) groups is 1. The summed E-state index contributed by atoms with van der Waals surface area (Å²) in [6.07, 6.45) is 7.03. The van der Waals surface area contributed by atoms with E-state index in [-0.39, 0.29) is 6.03 Å². The van der Waals surface area contributed by atoms with Gasteiger partial charge in [-0.2, -0.15) is 0 Å². The van der Waals surface area contributed by atoms with E-state index >= 15 is 0 Å². The molecule has 0 bridgehead atoms. The first-order chi connectivity index (χ1) is 9.81. The standard InChI is InChI=1S/C15H30N4O/c16-7-5-8-17-9-6-12-19(14-13-17)15(20)18-10-3-1-2-4-11-18/h1-14,16H2. The Morgan fingerprint density at radius 1 is 0.800 bits per heavy atom.